The zero-order chi connectivity index (χ0) is 22.2. The van der Waals surface area contributed by atoms with Gasteiger partial charge in [0, 0.05) is 37.0 Å². The minimum Gasteiger partial charge on any atom is -0.393 e. The second-order valence-electron chi connectivity index (χ2n) is 7.79. The van der Waals surface area contributed by atoms with Gasteiger partial charge in [-0.3, -0.25) is 14.2 Å². The number of rotatable bonds is 10. The maximum atomic E-state index is 13.6. The predicted molar refractivity (Wildman–Crippen MR) is 116 cm³/mol. The molecule has 0 amide bonds. The molecule has 2 aromatic rings. The van der Waals surface area contributed by atoms with E-state index in [4.69, 9.17) is 0 Å². The van der Waals surface area contributed by atoms with Crippen LogP contribution in [0.4, 0.5) is 20.5 Å². The van der Waals surface area contributed by atoms with Crippen LogP contribution in [0.1, 0.15) is 55.8 Å². The molecule has 2 heterocycles. The van der Waals surface area contributed by atoms with Crippen molar-refractivity contribution in [3.8, 4) is 11.3 Å². The molecule has 0 aromatic carbocycles. The van der Waals surface area contributed by atoms with E-state index in [0.29, 0.717) is 47.8 Å². The first-order valence-corrected chi connectivity index (χ1v) is 10.7. The van der Waals surface area contributed by atoms with Crippen LogP contribution in [0.3, 0.4) is 0 Å². The van der Waals surface area contributed by atoms with Crippen molar-refractivity contribution in [2.24, 2.45) is 0 Å². The van der Waals surface area contributed by atoms with E-state index in [1.165, 1.54) is 6.20 Å². The van der Waals surface area contributed by atoms with Crippen LogP contribution in [0, 0.1) is 0 Å². The molecule has 0 bridgehead atoms. The normalized spacial score (nSPS) is 19.6. The molecular weight excluding hydrogens is 404 g/mol. The van der Waals surface area contributed by atoms with E-state index in [1.807, 2.05) is 0 Å². The van der Waals surface area contributed by atoms with Crippen molar-refractivity contribution in [3.05, 3.63) is 30.1 Å². The van der Waals surface area contributed by atoms with Crippen LogP contribution in [0.15, 0.2) is 24.5 Å². The van der Waals surface area contributed by atoms with Crippen molar-refractivity contribution >= 4 is 17.5 Å². The number of carbonyl (C=O) groups is 1. The second kappa shape index (κ2) is 11.1. The smallest absolute Gasteiger partial charge is 0.224 e. The van der Waals surface area contributed by atoms with Crippen molar-refractivity contribution in [1.82, 2.24) is 15.0 Å². The summed E-state index contributed by atoms with van der Waals surface area (Å²) in [4.78, 5) is 25.0. The van der Waals surface area contributed by atoms with Gasteiger partial charge in [-0.15, -0.1) is 0 Å². The summed E-state index contributed by atoms with van der Waals surface area (Å²) in [6.07, 6.45) is 5.05. The predicted octanol–water partition coefficient (Wildman–Crippen LogP) is 3.96. The molecule has 3 rings (SSSR count). The third-order valence-electron chi connectivity index (χ3n) is 5.43. The third kappa shape index (κ3) is 6.40. The van der Waals surface area contributed by atoms with E-state index in [-0.39, 0.29) is 30.9 Å². The number of hydrogen-bond donors (Lipinski definition) is 3. The van der Waals surface area contributed by atoms with E-state index in [1.54, 1.807) is 25.3 Å². The Morgan fingerprint density at radius 1 is 1.23 bits per heavy atom. The molecule has 168 valence electrons. The number of ketones is 1. The molecule has 0 spiro atoms. The molecular formula is C22H29F2N5O2. The molecule has 1 atom stereocenters. The maximum Gasteiger partial charge on any atom is 0.224 e. The molecule has 1 aliphatic carbocycles. The van der Waals surface area contributed by atoms with Crippen LogP contribution < -0.4 is 10.6 Å². The topological polar surface area (TPSA) is 100 Å². The number of hydrogen-bond acceptors (Lipinski definition) is 7. The van der Waals surface area contributed by atoms with Crippen molar-refractivity contribution in [2.75, 3.05) is 23.9 Å². The highest BCUT2D eigenvalue weighted by atomic mass is 19.1. The van der Waals surface area contributed by atoms with Gasteiger partial charge in [0.05, 0.1) is 24.0 Å². The van der Waals surface area contributed by atoms with Crippen molar-refractivity contribution < 1.29 is 18.7 Å². The Bertz CT molecular complexity index is 857. The molecule has 1 fully saturated rings. The minimum absolute atomic E-state index is 0.120. The van der Waals surface area contributed by atoms with Crippen molar-refractivity contribution in [3.63, 3.8) is 0 Å². The molecule has 0 aliphatic heterocycles. The summed E-state index contributed by atoms with van der Waals surface area (Å²) in [5.41, 5.74) is 1.57. The van der Waals surface area contributed by atoms with Crippen LogP contribution in [-0.2, 0) is 0 Å². The highest BCUT2D eigenvalue weighted by Crippen LogP contribution is 2.29. The maximum absolute atomic E-state index is 13.6. The van der Waals surface area contributed by atoms with Gasteiger partial charge in [0.2, 0.25) is 5.95 Å². The van der Waals surface area contributed by atoms with E-state index in [0.717, 1.165) is 12.8 Å². The monoisotopic (exact) mass is 433 g/mol. The average Bonchev–Trinajstić information content (AvgIpc) is 2.79. The van der Waals surface area contributed by atoms with Crippen LogP contribution in [-0.4, -0.2) is 57.4 Å². The number of carbonyl (C=O) groups excluding carboxylic acids is 1. The highest BCUT2D eigenvalue weighted by molar-refractivity contribution is 5.96. The number of halogens is 2. The molecule has 0 unspecified atom stereocenters. The van der Waals surface area contributed by atoms with Crippen molar-refractivity contribution in [1.29, 1.82) is 0 Å². The molecule has 0 radical (unpaired) electrons. The Labute approximate surface area is 180 Å². The van der Waals surface area contributed by atoms with Crippen LogP contribution in [0.25, 0.3) is 11.3 Å². The zero-order valence-electron chi connectivity index (χ0n) is 17.7. The van der Waals surface area contributed by atoms with Crippen LogP contribution >= 0.6 is 0 Å². The summed E-state index contributed by atoms with van der Waals surface area (Å²) in [5, 5.41) is 16.1. The zero-order valence-corrected chi connectivity index (χ0v) is 17.7. The number of nitrogens with zero attached hydrogens (tertiary/aromatic N) is 3. The van der Waals surface area contributed by atoms with Crippen LogP contribution in [0.2, 0.25) is 0 Å². The quantitative estimate of drug-likeness (QED) is 0.488. The Hall–Kier alpha value is -2.68. The molecule has 3 N–H and O–H groups in total. The Balaban J connectivity index is 1.84. The highest BCUT2D eigenvalue weighted by Gasteiger charge is 2.22. The Morgan fingerprint density at radius 3 is 2.65 bits per heavy atom. The summed E-state index contributed by atoms with van der Waals surface area (Å²) >= 11 is 0. The summed E-state index contributed by atoms with van der Waals surface area (Å²) in [6, 6.07) is 3.43. The largest absolute Gasteiger partial charge is 0.393 e. The first kappa shape index (κ1) is 23.0. The summed E-state index contributed by atoms with van der Waals surface area (Å²) in [5.74, 6) is 0.572. The molecule has 2 aromatic heterocycles. The van der Waals surface area contributed by atoms with Crippen molar-refractivity contribution in [2.45, 2.75) is 63.8 Å². The first-order valence-electron chi connectivity index (χ1n) is 10.7. The van der Waals surface area contributed by atoms with Gasteiger partial charge in [-0.2, -0.15) is 4.98 Å². The lowest BCUT2D eigenvalue weighted by molar-refractivity contribution is 0.0973. The molecule has 31 heavy (non-hydrogen) atoms. The molecule has 1 saturated carbocycles. The van der Waals surface area contributed by atoms with Gasteiger partial charge in [0.25, 0.3) is 0 Å². The number of aliphatic hydroxyl groups excluding tert-OH is 1. The number of aromatic nitrogens is 3. The van der Waals surface area contributed by atoms with E-state index < -0.39 is 12.8 Å². The number of nitrogens with one attached hydrogen (secondary N) is 2. The van der Waals surface area contributed by atoms with Gasteiger partial charge >= 0.3 is 0 Å². The Kier molecular flexibility index (Phi) is 8.22. The van der Waals surface area contributed by atoms with Gasteiger partial charge in [-0.25, -0.2) is 9.37 Å². The lowest BCUT2D eigenvalue weighted by atomic mass is 9.93. The number of Topliss-reactive ketones (excluding diaryl/α,β-unsaturated/α-hetero) is 1. The van der Waals surface area contributed by atoms with Gasteiger partial charge in [-0.05, 0) is 44.2 Å². The van der Waals surface area contributed by atoms with Gasteiger partial charge in [0.1, 0.15) is 12.0 Å². The molecule has 9 heteroatoms. The fourth-order valence-electron chi connectivity index (χ4n) is 3.47. The summed E-state index contributed by atoms with van der Waals surface area (Å²) in [6.45, 7) is 1.19. The lowest BCUT2D eigenvalue weighted by Gasteiger charge is -2.27. The fraction of sp³-hybridized carbons (Fsp3) is 0.545. The lowest BCUT2D eigenvalue weighted by Crippen LogP contribution is -2.29. The Morgan fingerprint density at radius 2 is 2.00 bits per heavy atom. The second-order valence-corrected chi connectivity index (χ2v) is 7.79. The van der Waals surface area contributed by atoms with E-state index in [9.17, 15) is 18.7 Å². The summed E-state index contributed by atoms with van der Waals surface area (Å²) < 4.78 is 26.0. The van der Waals surface area contributed by atoms with Gasteiger partial charge in [-0.1, -0.05) is 6.92 Å². The van der Waals surface area contributed by atoms with Gasteiger partial charge < -0.3 is 15.7 Å². The summed E-state index contributed by atoms with van der Waals surface area (Å²) in [7, 11) is 0. The number of pyridine rings is 1. The minimum atomic E-state index is -0.990. The van der Waals surface area contributed by atoms with E-state index in [2.05, 4.69) is 25.6 Å². The van der Waals surface area contributed by atoms with E-state index >= 15 is 0 Å². The molecule has 7 nitrogen and oxygen atoms in total. The fourth-order valence-corrected chi connectivity index (χ4v) is 3.47. The number of aliphatic hydroxyl groups is 1. The first-order chi connectivity index (χ1) is 15.0. The average molecular weight is 434 g/mol. The van der Waals surface area contributed by atoms with Gasteiger partial charge in [0.15, 0.2) is 5.78 Å². The molecule has 0 saturated heterocycles. The number of anilines is 2. The third-order valence-corrected chi connectivity index (χ3v) is 5.43. The molecule has 1 aliphatic rings. The number of alkyl halides is 2. The van der Waals surface area contributed by atoms with Crippen LogP contribution in [0.5, 0.6) is 0 Å². The SMILES string of the molecule is CC[C@H](F)CNc1ncc(-c2ccc(C(=O)CCF)cn2)c(N[C@H]2CC[C@H](O)CC2)n1. The standard InChI is InChI=1S/C22H29F2N5O2/c1-2-15(24)12-26-22-27-13-18(19-8-3-14(11-25-19)20(31)9-10-23)21(29-22)28-16-4-6-17(30)7-5-16/h3,8,11,13,15-17,30H,2,4-7,9-10,12H2,1H3,(H2,26,27,28,29)/t15-,16-,17-/m0/s1.